The van der Waals surface area contributed by atoms with Crippen LogP contribution in [0.5, 0.6) is 17.2 Å². The number of nitrogens with two attached hydrogens (primary N) is 1. The van der Waals surface area contributed by atoms with Crippen LogP contribution in [-0.4, -0.2) is 34.5 Å². The predicted octanol–water partition coefficient (Wildman–Crippen LogP) is 1.68. The maximum atomic E-state index is 6.52. The maximum absolute atomic E-state index is 6.52. The summed E-state index contributed by atoms with van der Waals surface area (Å²) in [6.45, 7) is 1.32. The minimum absolute atomic E-state index is 0.441. The van der Waals surface area contributed by atoms with Gasteiger partial charge in [0.15, 0.2) is 11.5 Å². The molecule has 0 spiro atoms. The Morgan fingerprint density at radius 3 is 2.00 bits per heavy atom. The third-order valence-electron chi connectivity index (χ3n) is 3.63. The van der Waals surface area contributed by atoms with E-state index in [4.69, 9.17) is 24.7 Å². The summed E-state index contributed by atoms with van der Waals surface area (Å²) in [5.41, 5.74) is 7.01. The number of benzene rings is 1. The molecule has 0 aromatic heterocycles. The van der Waals surface area contributed by atoms with Crippen molar-refractivity contribution in [2.75, 3.05) is 34.5 Å². The number of rotatable bonds is 4. The second-order valence-electron chi connectivity index (χ2n) is 4.68. The van der Waals surface area contributed by atoms with Crippen LogP contribution in [0.25, 0.3) is 0 Å². The van der Waals surface area contributed by atoms with E-state index in [1.54, 1.807) is 21.3 Å². The first-order valence-electron chi connectivity index (χ1n) is 6.31. The molecule has 0 amide bonds. The Labute approximate surface area is 113 Å². The van der Waals surface area contributed by atoms with E-state index in [0.717, 1.165) is 24.2 Å². The fourth-order valence-electron chi connectivity index (χ4n) is 2.42. The van der Waals surface area contributed by atoms with Crippen LogP contribution in [0.15, 0.2) is 12.1 Å². The van der Waals surface area contributed by atoms with Crippen LogP contribution in [0.4, 0.5) is 0 Å². The molecule has 5 heteroatoms. The van der Waals surface area contributed by atoms with Crippen molar-refractivity contribution < 1.29 is 18.9 Å². The number of hydrogen-bond acceptors (Lipinski definition) is 5. The first-order chi connectivity index (χ1) is 9.14. The molecule has 2 rings (SSSR count). The fraction of sp³-hybridized carbons (Fsp3) is 0.571. The van der Waals surface area contributed by atoms with Crippen molar-refractivity contribution in [3.8, 4) is 17.2 Å². The Bertz CT molecular complexity index is 441. The van der Waals surface area contributed by atoms with E-state index >= 15 is 0 Å². The summed E-state index contributed by atoms with van der Waals surface area (Å²) in [7, 11) is 4.85. The number of ether oxygens (including phenoxy) is 4. The average Bonchev–Trinajstić information content (AvgIpc) is 2.46. The van der Waals surface area contributed by atoms with E-state index in [2.05, 4.69) is 0 Å². The zero-order valence-electron chi connectivity index (χ0n) is 11.7. The van der Waals surface area contributed by atoms with Crippen LogP contribution in [0.3, 0.4) is 0 Å². The zero-order valence-corrected chi connectivity index (χ0v) is 11.7. The van der Waals surface area contributed by atoms with Crippen molar-refractivity contribution in [1.29, 1.82) is 0 Å². The molecule has 1 aliphatic rings. The van der Waals surface area contributed by atoms with Gasteiger partial charge in [-0.05, 0) is 18.9 Å². The molecule has 1 fully saturated rings. The molecule has 5 nitrogen and oxygen atoms in total. The summed E-state index contributed by atoms with van der Waals surface area (Å²) in [5.74, 6) is 2.02. The third kappa shape index (κ3) is 2.62. The van der Waals surface area contributed by atoms with Gasteiger partial charge in [0, 0.05) is 30.4 Å². The molecule has 0 atom stereocenters. The molecule has 0 radical (unpaired) electrons. The summed E-state index contributed by atoms with van der Waals surface area (Å²) in [5, 5.41) is 0. The molecule has 2 N–H and O–H groups in total. The van der Waals surface area contributed by atoms with Crippen molar-refractivity contribution in [3.05, 3.63) is 17.7 Å². The highest BCUT2D eigenvalue weighted by Gasteiger charge is 2.33. The van der Waals surface area contributed by atoms with Crippen molar-refractivity contribution >= 4 is 0 Å². The van der Waals surface area contributed by atoms with Gasteiger partial charge in [0.1, 0.15) is 5.75 Å². The van der Waals surface area contributed by atoms with Crippen LogP contribution in [-0.2, 0) is 10.3 Å². The first-order valence-corrected chi connectivity index (χ1v) is 6.31. The lowest BCUT2D eigenvalue weighted by molar-refractivity contribution is 0.0513. The van der Waals surface area contributed by atoms with Crippen LogP contribution < -0.4 is 19.9 Å². The van der Waals surface area contributed by atoms with Crippen molar-refractivity contribution in [1.82, 2.24) is 0 Å². The minimum Gasteiger partial charge on any atom is -0.496 e. The summed E-state index contributed by atoms with van der Waals surface area (Å²) in [6, 6.07) is 3.72. The standard InChI is InChI=1S/C14H21NO4/c1-16-11-9-13(18-3)12(17-2)8-10(11)14(15)4-6-19-7-5-14/h8-9H,4-7,15H2,1-3H3. The minimum atomic E-state index is -0.441. The van der Waals surface area contributed by atoms with E-state index in [1.165, 1.54) is 0 Å². The quantitative estimate of drug-likeness (QED) is 0.899. The maximum Gasteiger partial charge on any atom is 0.164 e. The van der Waals surface area contributed by atoms with E-state index in [-0.39, 0.29) is 0 Å². The van der Waals surface area contributed by atoms with Crippen LogP contribution >= 0.6 is 0 Å². The monoisotopic (exact) mass is 267 g/mol. The topological polar surface area (TPSA) is 62.9 Å². The summed E-state index contributed by atoms with van der Waals surface area (Å²) in [6.07, 6.45) is 1.53. The summed E-state index contributed by atoms with van der Waals surface area (Å²) >= 11 is 0. The van der Waals surface area contributed by atoms with E-state index < -0.39 is 5.54 Å². The first kappa shape index (κ1) is 14.0. The van der Waals surface area contributed by atoms with E-state index in [1.807, 2.05) is 12.1 Å². The molecule has 106 valence electrons. The Morgan fingerprint density at radius 2 is 1.47 bits per heavy atom. The molecule has 0 bridgehead atoms. The van der Waals surface area contributed by atoms with Gasteiger partial charge in [-0.2, -0.15) is 0 Å². The van der Waals surface area contributed by atoms with Crippen LogP contribution in [0.2, 0.25) is 0 Å². The molecule has 0 unspecified atom stereocenters. The normalized spacial score (nSPS) is 17.9. The largest absolute Gasteiger partial charge is 0.496 e. The van der Waals surface area contributed by atoms with Gasteiger partial charge < -0.3 is 24.7 Å². The molecule has 19 heavy (non-hydrogen) atoms. The van der Waals surface area contributed by atoms with Gasteiger partial charge in [-0.1, -0.05) is 0 Å². The molecule has 0 saturated carbocycles. The molecular weight excluding hydrogens is 246 g/mol. The van der Waals surface area contributed by atoms with Gasteiger partial charge >= 0.3 is 0 Å². The average molecular weight is 267 g/mol. The highest BCUT2D eigenvalue weighted by molar-refractivity contribution is 5.53. The smallest absolute Gasteiger partial charge is 0.164 e. The lowest BCUT2D eigenvalue weighted by atomic mass is 9.83. The highest BCUT2D eigenvalue weighted by Crippen LogP contribution is 2.42. The second kappa shape index (κ2) is 5.67. The molecule has 0 aliphatic carbocycles. The van der Waals surface area contributed by atoms with Crippen molar-refractivity contribution in [3.63, 3.8) is 0 Å². The zero-order chi connectivity index (χ0) is 13.9. The lowest BCUT2D eigenvalue weighted by Crippen LogP contribution is -2.42. The molecule has 1 aromatic carbocycles. The Kier molecular flexibility index (Phi) is 4.17. The van der Waals surface area contributed by atoms with Gasteiger partial charge in [-0.25, -0.2) is 0 Å². The predicted molar refractivity (Wildman–Crippen MR) is 72.0 cm³/mol. The highest BCUT2D eigenvalue weighted by atomic mass is 16.5. The Hall–Kier alpha value is -1.46. The summed E-state index contributed by atoms with van der Waals surface area (Å²) < 4.78 is 21.5. The van der Waals surface area contributed by atoms with Crippen molar-refractivity contribution in [2.45, 2.75) is 18.4 Å². The Balaban J connectivity index is 2.48. The molecule has 1 saturated heterocycles. The van der Waals surface area contributed by atoms with Gasteiger partial charge in [0.05, 0.1) is 21.3 Å². The van der Waals surface area contributed by atoms with Crippen LogP contribution in [0, 0.1) is 0 Å². The van der Waals surface area contributed by atoms with Crippen molar-refractivity contribution in [2.24, 2.45) is 5.73 Å². The lowest BCUT2D eigenvalue weighted by Gasteiger charge is -2.35. The second-order valence-corrected chi connectivity index (χ2v) is 4.68. The van der Waals surface area contributed by atoms with E-state index in [9.17, 15) is 0 Å². The van der Waals surface area contributed by atoms with Gasteiger partial charge in [-0.3, -0.25) is 0 Å². The number of hydrogen-bond donors (Lipinski definition) is 1. The molecule has 1 aromatic rings. The van der Waals surface area contributed by atoms with Gasteiger partial charge in [0.2, 0.25) is 0 Å². The van der Waals surface area contributed by atoms with E-state index in [0.29, 0.717) is 24.7 Å². The van der Waals surface area contributed by atoms with Gasteiger partial charge in [-0.15, -0.1) is 0 Å². The van der Waals surface area contributed by atoms with Gasteiger partial charge in [0.25, 0.3) is 0 Å². The molecule has 1 heterocycles. The Morgan fingerprint density at radius 1 is 0.947 bits per heavy atom. The third-order valence-corrected chi connectivity index (χ3v) is 3.63. The fourth-order valence-corrected chi connectivity index (χ4v) is 2.42. The molecular formula is C14H21NO4. The summed E-state index contributed by atoms with van der Waals surface area (Å²) in [4.78, 5) is 0. The number of methoxy groups -OCH3 is 3. The van der Waals surface area contributed by atoms with Crippen LogP contribution in [0.1, 0.15) is 18.4 Å². The SMILES string of the molecule is COc1cc(OC)c(C2(N)CCOCC2)cc1OC. The molecule has 1 aliphatic heterocycles.